The van der Waals surface area contributed by atoms with Crippen LogP contribution >= 0.6 is 0 Å². The lowest BCUT2D eigenvalue weighted by Crippen LogP contribution is -2.10. The van der Waals surface area contributed by atoms with Crippen molar-refractivity contribution in [1.29, 1.82) is 0 Å². The molecule has 2 rings (SSSR count). The van der Waals surface area contributed by atoms with E-state index in [-0.39, 0.29) is 5.69 Å². The van der Waals surface area contributed by atoms with Crippen LogP contribution in [0, 0.1) is 0 Å². The van der Waals surface area contributed by atoms with Crippen molar-refractivity contribution in [2.24, 2.45) is 0 Å². The van der Waals surface area contributed by atoms with Crippen LogP contribution in [0.15, 0.2) is 42.5 Å². The van der Waals surface area contributed by atoms with Gasteiger partial charge in [-0.15, -0.1) is 0 Å². The van der Waals surface area contributed by atoms with Crippen LogP contribution in [0.25, 0.3) is 11.1 Å². The first-order valence-corrected chi connectivity index (χ1v) is 5.71. The number of benzene rings is 1. The smallest absolute Gasteiger partial charge is 0.357 e. The Balaban J connectivity index is 2.51. The van der Waals surface area contributed by atoms with Gasteiger partial charge in [-0.1, -0.05) is 30.3 Å². The van der Waals surface area contributed by atoms with Crippen molar-refractivity contribution in [2.45, 2.75) is 6.92 Å². The highest BCUT2D eigenvalue weighted by Crippen LogP contribution is 2.23. The Labute approximate surface area is 105 Å². The van der Waals surface area contributed by atoms with E-state index in [1.54, 1.807) is 19.1 Å². The maximum Gasteiger partial charge on any atom is 0.357 e. The molecule has 0 saturated carbocycles. The van der Waals surface area contributed by atoms with Crippen molar-refractivity contribution >= 4 is 11.8 Å². The molecule has 0 aliphatic rings. The average molecular weight is 242 g/mol. The second kappa shape index (κ2) is 5.31. The van der Waals surface area contributed by atoms with Gasteiger partial charge < -0.3 is 10.5 Å². The Kier molecular flexibility index (Phi) is 3.57. The number of carbonyl (C=O) groups excluding carboxylic acids is 1. The van der Waals surface area contributed by atoms with Crippen molar-refractivity contribution in [3.05, 3.63) is 48.2 Å². The van der Waals surface area contributed by atoms with Crippen molar-refractivity contribution in [3.63, 3.8) is 0 Å². The summed E-state index contributed by atoms with van der Waals surface area (Å²) in [6.07, 6.45) is 0. The third-order valence-electron chi connectivity index (χ3n) is 2.47. The molecule has 0 unspecified atom stereocenters. The Bertz CT molecular complexity index is 553. The normalized spacial score (nSPS) is 10.1. The maximum atomic E-state index is 11.9. The van der Waals surface area contributed by atoms with Crippen LogP contribution in [0.1, 0.15) is 17.4 Å². The molecule has 0 radical (unpaired) electrons. The van der Waals surface area contributed by atoms with Crippen molar-refractivity contribution < 1.29 is 9.53 Å². The summed E-state index contributed by atoms with van der Waals surface area (Å²) in [6.45, 7) is 2.07. The molecule has 0 fully saturated rings. The van der Waals surface area contributed by atoms with Gasteiger partial charge in [0.15, 0.2) is 5.69 Å². The highest BCUT2D eigenvalue weighted by atomic mass is 16.5. The number of carbonyl (C=O) groups is 1. The number of rotatable bonds is 3. The number of pyridine rings is 1. The Morgan fingerprint density at radius 3 is 2.61 bits per heavy atom. The van der Waals surface area contributed by atoms with Gasteiger partial charge in [-0.3, -0.25) is 0 Å². The third kappa shape index (κ3) is 2.48. The van der Waals surface area contributed by atoms with Crippen LogP contribution in [0.2, 0.25) is 0 Å². The predicted octanol–water partition coefficient (Wildman–Crippen LogP) is 2.51. The number of hydrogen-bond acceptors (Lipinski definition) is 4. The molecule has 2 N–H and O–H groups in total. The van der Waals surface area contributed by atoms with Gasteiger partial charge in [0.25, 0.3) is 0 Å². The second-order valence-corrected chi connectivity index (χ2v) is 3.72. The van der Waals surface area contributed by atoms with E-state index in [1.165, 1.54) is 0 Å². The van der Waals surface area contributed by atoms with Gasteiger partial charge in [0.05, 0.1) is 6.61 Å². The van der Waals surface area contributed by atoms with Gasteiger partial charge in [0, 0.05) is 5.56 Å². The average Bonchev–Trinajstić information content (AvgIpc) is 2.40. The summed E-state index contributed by atoms with van der Waals surface area (Å²) in [4.78, 5) is 15.9. The lowest BCUT2D eigenvalue weighted by molar-refractivity contribution is 0.0520. The van der Waals surface area contributed by atoms with Crippen LogP contribution in [-0.2, 0) is 4.74 Å². The van der Waals surface area contributed by atoms with Crippen LogP contribution in [0.5, 0.6) is 0 Å². The molecule has 4 heteroatoms. The minimum Gasteiger partial charge on any atom is -0.461 e. The molecule has 0 amide bonds. The summed E-state index contributed by atoms with van der Waals surface area (Å²) in [5.74, 6) is -0.151. The molecule has 4 nitrogen and oxygen atoms in total. The number of anilines is 1. The molecule has 0 bridgehead atoms. The highest BCUT2D eigenvalue weighted by molar-refractivity contribution is 5.95. The summed E-state index contributed by atoms with van der Waals surface area (Å²) in [5.41, 5.74) is 7.51. The van der Waals surface area contributed by atoms with E-state index < -0.39 is 5.97 Å². The number of hydrogen-bond donors (Lipinski definition) is 1. The number of aromatic nitrogens is 1. The lowest BCUT2D eigenvalue weighted by atomic mass is 10.0. The molecule has 0 atom stereocenters. The Morgan fingerprint density at radius 2 is 1.94 bits per heavy atom. The minimum atomic E-state index is -0.455. The number of nitrogens with two attached hydrogens (primary N) is 1. The maximum absolute atomic E-state index is 11.9. The van der Waals surface area contributed by atoms with Crippen LogP contribution < -0.4 is 5.73 Å². The molecule has 1 heterocycles. The van der Waals surface area contributed by atoms with Gasteiger partial charge in [0.2, 0.25) is 0 Å². The minimum absolute atomic E-state index is 0.253. The summed E-state index contributed by atoms with van der Waals surface area (Å²) >= 11 is 0. The van der Waals surface area contributed by atoms with Crippen LogP contribution in [0.3, 0.4) is 0 Å². The van der Waals surface area contributed by atoms with Crippen molar-refractivity contribution in [3.8, 4) is 11.1 Å². The summed E-state index contributed by atoms with van der Waals surface area (Å²) < 4.78 is 4.99. The molecule has 1 aromatic carbocycles. The van der Waals surface area contributed by atoms with Gasteiger partial charge in [-0.25, -0.2) is 9.78 Å². The van der Waals surface area contributed by atoms with Crippen LogP contribution in [-0.4, -0.2) is 17.6 Å². The quantitative estimate of drug-likeness (QED) is 0.840. The van der Waals surface area contributed by atoms with E-state index in [4.69, 9.17) is 10.5 Å². The van der Waals surface area contributed by atoms with Gasteiger partial charge in [-0.2, -0.15) is 0 Å². The van der Waals surface area contributed by atoms with E-state index in [0.29, 0.717) is 12.4 Å². The van der Waals surface area contributed by atoms with Crippen LogP contribution in [0.4, 0.5) is 5.82 Å². The molecule has 92 valence electrons. The zero-order valence-corrected chi connectivity index (χ0v) is 10.1. The molecule has 0 saturated heterocycles. The molecule has 18 heavy (non-hydrogen) atoms. The van der Waals surface area contributed by atoms with E-state index in [0.717, 1.165) is 11.1 Å². The molecule has 1 aromatic heterocycles. The zero-order valence-electron chi connectivity index (χ0n) is 10.1. The standard InChI is InChI=1S/C14H14N2O2/c1-2-18-14(17)13-11(8-9-12(15)16-13)10-6-4-3-5-7-10/h3-9H,2H2,1H3,(H2,15,16). The summed E-state index contributed by atoms with van der Waals surface area (Å²) in [5, 5.41) is 0. The lowest BCUT2D eigenvalue weighted by Gasteiger charge is -2.08. The molecule has 0 aliphatic carbocycles. The van der Waals surface area contributed by atoms with E-state index in [2.05, 4.69) is 4.98 Å². The number of nitrogens with zero attached hydrogens (tertiary/aromatic N) is 1. The predicted molar refractivity (Wildman–Crippen MR) is 70.0 cm³/mol. The number of nitrogen functional groups attached to an aromatic ring is 1. The largest absolute Gasteiger partial charge is 0.461 e. The molecule has 0 spiro atoms. The number of ether oxygens (including phenoxy) is 1. The SMILES string of the molecule is CCOC(=O)c1nc(N)ccc1-c1ccccc1. The monoisotopic (exact) mass is 242 g/mol. The fourth-order valence-electron chi connectivity index (χ4n) is 1.68. The van der Waals surface area contributed by atoms with Gasteiger partial charge in [-0.05, 0) is 24.6 Å². The molecular weight excluding hydrogens is 228 g/mol. The van der Waals surface area contributed by atoms with Gasteiger partial charge in [0.1, 0.15) is 5.82 Å². The second-order valence-electron chi connectivity index (χ2n) is 3.72. The molecular formula is C14H14N2O2. The zero-order chi connectivity index (χ0) is 13.0. The molecule has 0 aliphatic heterocycles. The van der Waals surface area contributed by atoms with E-state index in [9.17, 15) is 4.79 Å². The molecule has 2 aromatic rings. The van der Waals surface area contributed by atoms with Gasteiger partial charge >= 0.3 is 5.97 Å². The fourth-order valence-corrected chi connectivity index (χ4v) is 1.68. The van der Waals surface area contributed by atoms with Crippen molar-refractivity contribution in [2.75, 3.05) is 12.3 Å². The summed E-state index contributed by atoms with van der Waals surface area (Å²) in [7, 11) is 0. The third-order valence-corrected chi connectivity index (χ3v) is 2.47. The Hall–Kier alpha value is -2.36. The van der Waals surface area contributed by atoms with Crippen molar-refractivity contribution in [1.82, 2.24) is 4.98 Å². The van der Waals surface area contributed by atoms with E-state index >= 15 is 0 Å². The number of esters is 1. The first-order chi connectivity index (χ1) is 8.72. The first kappa shape index (κ1) is 12.1. The fraction of sp³-hybridized carbons (Fsp3) is 0.143. The Morgan fingerprint density at radius 1 is 1.22 bits per heavy atom. The van der Waals surface area contributed by atoms with E-state index in [1.807, 2.05) is 30.3 Å². The highest BCUT2D eigenvalue weighted by Gasteiger charge is 2.15. The first-order valence-electron chi connectivity index (χ1n) is 5.71. The summed E-state index contributed by atoms with van der Waals surface area (Å²) in [6, 6.07) is 13.0. The topological polar surface area (TPSA) is 65.2 Å².